The van der Waals surface area contributed by atoms with E-state index in [1.165, 1.54) is 19.3 Å². The highest BCUT2D eigenvalue weighted by Crippen LogP contribution is 2.51. The molecule has 1 aromatic heterocycles. The zero-order chi connectivity index (χ0) is 27.2. The summed E-state index contributed by atoms with van der Waals surface area (Å²) in [7, 11) is 0. The summed E-state index contributed by atoms with van der Waals surface area (Å²) in [5.41, 5.74) is 3.67. The largest absolute Gasteiger partial charge is 0.396 e. The number of unbranched alkanes of at least 4 members (excludes halogenated alkanes) is 1. The first kappa shape index (κ1) is 27.9. The van der Waals surface area contributed by atoms with Crippen LogP contribution in [0.25, 0.3) is 0 Å². The van der Waals surface area contributed by atoms with Crippen LogP contribution in [-0.4, -0.2) is 57.2 Å². The van der Waals surface area contributed by atoms with Gasteiger partial charge in [0.05, 0.1) is 17.8 Å². The number of hydrogen-bond acceptors (Lipinski definition) is 7. The second kappa shape index (κ2) is 12.7. The maximum atomic E-state index is 13.2. The van der Waals surface area contributed by atoms with Crippen LogP contribution in [0.15, 0.2) is 41.7 Å². The Morgan fingerprint density at radius 2 is 1.95 bits per heavy atom. The second-order valence-electron chi connectivity index (χ2n) is 11.5. The summed E-state index contributed by atoms with van der Waals surface area (Å²) in [6, 6.07) is 10.1. The molecule has 2 N–H and O–H groups in total. The first-order chi connectivity index (χ1) is 19.0. The number of anilines is 2. The minimum absolute atomic E-state index is 0.0104. The van der Waals surface area contributed by atoms with Crippen LogP contribution in [0.2, 0.25) is 0 Å². The third kappa shape index (κ3) is 6.56. The molecule has 1 spiro atoms. The standard InChI is InChI=1S/C31H42N4O4/c1-21(15-18-36)34-30(37)28-25-19-31(16-9-4-10-17-31)39-27(25)26(38-28)14-8-7-13-24-22(2)32-20-33-29(24)35-23-11-5-3-6-12-23/h3,5-6,11-12,20,25-28,36H,4,7-10,13-19H2,1-2H3,(H,32,33,35). The van der Waals surface area contributed by atoms with E-state index in [2.05, 4.69) is 20.3 Å². The zero-order valence-corrected chi connectivity index (χ0v) is 23.3. The monoisotopic (exact) mass is 534 g/mol. The number of nitrogens with zero attached hydrogens (tertiary/aromatic N) is 3. The van der Waals surface area contributed by atoms with Gasteiger partial charge in [0.1, 0.15) is 18.2 Å². The van der Waals surface area contributed by atoms with Crippen molar-refractivity contribution in [2.75, 3.05) is 11.9 Å². The van der Waals surface area contributed by atoms with Gasteiger partial charge in [-0.15, -0.1) is 0 Å². The number of aliphatic imine (C=N–C) groups is 1. The predicted octanol–water partition coefficient (Wildman–Crippen LogP) is 5.49. The molecule has 3 fully saturated rings. The van der Waals surface area contributed by atoms with Gasteiger partial charge in [-0.05, 0) is 64.5 Å². The van der Waals surface area contributed by atoms with E-state index in [9.17, 15) is 9.90 Å². The van der Waals surface area contributed by atoms with Gasteiger partial charge in [-0.25, -0.2) is 15.0 Å². The highest BCUT2D eigenvalue weighted by atomic mass is 16.6. The summed E-state index contributed by atoms with van der Waals surface area (Å²) in [5, 5.41) is 12.7. The molecule has 1 aromatic carbocycles. The van der Waals surface area contributed by atoms with Crippen LogP contribution in [0.4, 0.5) is 11.5 Å². The maximum Gasteiger partial charge on any atom is 0.275 e. The van der Waals surface area contributed by atoms with Crippen LogP contribution in [0, 0.1) is 12.8 Å². The van der Waals surface area contributed by atoms with Gasteiger partial charge in [0.15, 0.2) is 0 Å². The van der Waals surface area contributed by atoms with E-state index in [4.69, 9.17) is 9.47 Å². The molecule has 8 heteroatoms. The smallest absolute Gasteiger partial charge is 0.275 e. The Hall–Kier alpha value is -2.68. The van der Waals surface area contributed by atoms with Crippen molar-refractivity contribution >= 4 is 23.1 Å². The van der Waals surface area contributed by atoms with Gasteiger partial charge in [-0.2, -0.15) is 0 Å². The number of amides is 1. The molecule has 210 valence electrons. The first-order valence-corrected chi connectivity index (χ1v) is 14.6. The van der Waals surface area contributed by atoms with Crippen molar-refractivity contribution in [2.24, 2.45) is 10.9 Å². The maximum absolute atomic E-state index is 13.2. The quantitative estimate of drug-likeness (QED) is 0.307. The molecule has 4 atom stereocenters. The third-order valence-electron chi connectivity index (χ3n) is 8.64. The molecule has 8 nitrogen and oxygen atoms in total. The number of nitrogens with one attached hydrogen (secondary N) is 1. The first-order valence-electron chi connectivity index (χ1n) is 14.6. The van der Waals surface area contributed by atoms with Crippen LogP contribution in [0.1, 0.15) is 82.4 Å². The minimum atomic E-state index is -0.554. The molecule has 1 amide bonds. The Labute approximate surface area is 231 Å². The average molecular weight is 535 g/mol. The van der Waals surface area contributed by atoms with E-state index in [0.717, 1.165) is 67.7 Å². The normalized spacial score (nSPS) is 26.1. The third-order valence-corrected chi connectivity index (χ3v) is 8.64. The summed E-state index contributed by atoms with van der Waals surface area (Å²) in [5.74, 6) is 0.687. The number of aryl methyl sites for hydroxylation is 1. The van der Waals surface area contributed by atoms with Crippen LogP contribution >= 0.6 is 0 Å². The van der Waals surface area contributed by atoms with Gasteiger partial charge in [-0.3, -0.25) is 4.79 Å². The fraction of sp³-hybridized carbons (Fsp3) is 0.613. The summed E-state index contributed by atoms with van der Waals surface area (Å²) in [6.07, 6.45) is 11.6. The van der Waals surface area contributed by atoms with Crippen molar-refractivity contribution in [3.8, 4) is 0 Å². The lowest BCUT2D eigenvalue weighted by molar-refractivity contribution is -0.135. The lowest BCUT2D eigenvalue weighted by atomic mass is 9.79. The Bertz CT molecular complexity index is 1150. The number of ether oxygens (including phenoxy) is 2. The number of hydrogen-bond donors (Lipinski definition) is 2. The molecule has 2 saturated heterocycles. The van der Waals surface area contributed by atoms with E-state index >= 15 is 0 Å². The van der Waals surface area contributed by atoms with Gasteiger partial charge in [0, 0.05) is 41.6 Å². The minimum Gasteiger partial charge on any atom is -0.396 e. The van der Waals surface area contributed by atoms with Crippen molar-refractivity contribution in [3.63, 3.8) is 0 Å². The lowest BCUT2D eigenvalue weighted by Crippen LogP contribution is -2.36. The van der Waals surface area contributed by atoms with Crippen LogP contribution in [0.5, 0.6) is 0 Å². The van der Waals surface area contributed by atoms with Gasteiger partial charge >= 0.3 is 0 Å². The lowest BCUT2D eigenvalue weighted by Gasteiger charge is -2.35. The van der Waals surface area contributed by atoms with E-state index in [1.54, 1.807) is 13.3 Å². The van der Waals surface area contributed by atoms with E-state index < -0.39 is 6.10 Å². The van der Waals surface area contributed by atoms with Crippen LogP contribution in [0.3, 0.4) is 0 Å². The molecule has 3 aliphatic rings. The van der Waals surface area contributed by atoms with E-state index in [1.807, 2.05) is 37.3 Å². The molecule has 39 heavy (non-hydrogen) atoms. The molecule has 0 bridgehead atoms. The molecule has 0 radical (unpaired) electrons. The highest BCUT2D eigenvalue weighted by molar-refractivity contribution is 5.96. The molecular weight excluding hydrogens is 492 g/mol. The van der Waals surface area contributed by atoms with E-state index in [0.29, 0.717) is 12.1 Å². The number of carbonyl (C=O) groups excluding carboxylic acids is 1. The fourth-order valence-corrected chi connectivity index (χ4v) is 6.64. The molecule has 1 aliphatic carbocycles. The molecule has 1 saturated carbocycles. The number of fused-ring (bicyclic) bond motifs is 1. The molecule has 4 unspecified atom stereocenters. The van der Waals surface area contributed by atoms with E-state index in [-0.39, 0.29) is 36.2 Å². The zero-order valence-electron chi connectivity index (χ0n) is 23.3. The summed E-state index contributed by atoms with van der Waals surface area (Å²) in [6.45, 7) is 3.81. The van der Waals surface area contributed by atoms with Gasteiger partial charge in [0.2, 0.25) is 0 Å². The Morgan fingerprint density at radius 1 is 1.15 bits per heavy atom. The van der Waals surface area contributed by atoms with Gasteiger partial charge < -0.3 is 19.9 Å². The number of benzene rings is 1. The molecule has 2 aliphatic heterocycles. The van der Waals surface area contributed by atoms with Crippen LogP contribution < -0.4 is 5.32 Å². The van der Waals surface area contributed by atoms with Crippen molar-refractivity contribution in [1.82, 2.24) is 9.97 Å². The summed E-state index contributed by atoms with van der Waals surface area (Å²) in [4.78, 5) is 26.4. The fourth-order valence-electron chi connectivity index (χ4n) is 6.64. The SMILES string of the molecule is CC(CCO)=NC(=O)C1OC(CCCCc2c(C)ncnc2Nc2ccccc2)C2OC3(CCCCC3)CC12. The van der Waals surface area contributed by atoms with Gasteiger partial charge in [-0.1, -0.05) is 43.9 Å². The predicted molar refractivity (Wildman–Crippen MR) is 151 cm³/mol. The molecule has 5 rings (SSSR count). The number of aliphatic hydroxyl groups excluding tert-OH is 1. The van der Waals surface area contributed by atoms with Crippen molar-refractivity contribution in [1.29, 1.82) is 0 Å². The Kier molecular flexibility index (Phi) is 9.05. The van der Waals surface area contributed by atoms with Crippen molar-refractivity contribution in [3.05, 3.63) is 47.9 Å². The number of para-hydroxylation sites is 1. The number of aromatic nitrogens is 2. The number of carbonyl (C=O) groups is 1. The second-order valence-corrected chi connectivity index (χ2v) is 11.5. The molecule has 3 heterocycles. The Balaban J connectivity index is 1.23. The topological polar surface area (TPSA) is 106 Å². The van der Waals surface area contributed by atoms with Crippen molar-refractivity contribution in [2.45, 2.75) is 108 Å². The Morgan fingerprint density at radius 3 is 2.72 bits per heavy atom. The summed E-state index contributed by atoms with van der Waals surface area (Å²) >= 11 is 0. The average Bonchev–Trinajstić information content (AvgIpc) is 3.44. The van der Waals surface area contributed by atoms with Gasteiger partial charge in [0.25, 0.3) is 5.91 Å². The summed E-state index contributed by atoms with van der Waals surface area (Å²) < 4.78 is 13.2. The molecular formula is C31H42N4O4. The van der Waals surface area contributed by atoms with Crippen LogP contribution in [-0.2, 0) is 20.7 Å². The van der Waals surface area contributed by atoms with Crippen molar-refractivity contribution < 1.29 is 19.4 Å². The number of aliphatic hydroxyl groups is 1. The molecule has 2 aromatic rings. The number of rotatable bonds is 10. The highest BCUT2D eigenvalue weighted by Gasteiger charge is 2.58.